The molecule has 1 unspecified atom stereocenters. The first-order valence-corrected chi connectivity index (χ1v) is 15.2. The number of aryl methyl sites for hydroxylation is 1. The summed E-state index contributed by atoms with van der Waals surface area (Å²) in [7, 11) is 0. The Morgan fingerprint density at radius 1 is 0.896 bits per heavy atom. The van der Waals surface area contributed by atoms with Gasteiger partial charge in [0, 0.05) is 17.7 Å². The van der Waals surface area contributed by atoms with Crippen molar-refractivity contribution in [3.05, 3.63) is 114 Å². The van der Waals surface area contributed by atoms with Crippen LogP contribution in [-0.2, 0) is 27.2 Å². The van der Waals surface area contributed by atoms with Crippen LogP contribution in [0, 0.1) is 12.7 Å². The Hall–Kier alpha value is -5.84. The molecule has 5 rings (SSSR count). The average Bonchev–Trinajstić information content (AvgIpc) is 3.51. The molecule has 4 aromatic carbocycles. The number of carboxylic acid groups (broad SMARTS) is 1. The molecule has 246 valence electrons. The van der Waals surface area contributed by atoms with Crippen molar-refractivity contribution >= 4 is 23.7 Å². The van der Waals surface area contributed by atoms with E-state index in [1.165, 1.54) is 12.1 Å². The van der Waals surface area contributed by atoms with Crippen LogP contribution in [-0.4, -0.2) is 44.9 Å². The summed E-state index contributed by atoms with van der Waals surface area (Å²) in [6, 6.07) is 24.2. The molecule has 11 heteroatoms. The largest absolute Gasteiger partial charge is 0.480 e. The molecule has 1 heterocycles. The first-order valence-electron chi connectivity index (χ1n) is 15.2. The number of anilines is 1. The summed E-state index contributed by atoms with van der Waals surface area (Å²) in [5.74, 6) is -2.14. The highest BCUT2D eigenvalue weighted by atomic mass is 19.1. The molecule has 0 bridgehead atoms. The third-order valence-corrected chi connectivity index (χ3v) is 7.22. The predicted molar refractivity (Wildman–Crippen MR) is 179 cm³/mol. The summed E-state index contributed by atoms with van der Waals surface area (Å²) in [5, 5.41) is 18.8. The van der Waals surface area contributed by atoms with Crippen LogP contribution in [0.2, 0.25) is 0 Å². The van der Waals surface area contributed by atoms with Crippen molar-refractivity contribution in [2.24, 2.45) is 0 Å². The molecule has 0 radical (unpaired) electrons. The monoisotopic (exact) mass is 650 g/mol. The average molecular weight is 651 g/mol. The number of carboxylic acids is 1. The normalized spacial score (nSPS) is 11.9. The molecule has 48 heavy (non-hydrogen) atoms. The lowest BCUT2D eigenvalue weighted by atomic mass is 10.0. The van der Waals surface area contributed by atoms with Crippen LogP contribution in [0.1, 0.15) is 37.5 Å². The number of nitrogens with zero attached hydrogens (tertiary/aromatic N) is 2. The third kappa shape index (κ3) is 8.91. The quantitative estimate of drug-likeness (QED) is 0.134. The molecular formula is C37H35FN4O6. The number of esters is 1. The minimum Gasteiger partial charge on any atom is -0.480 e. The molecule has 3 N–H and O–H groups in total. The van der Waals surface area contributed by atoms with E-state index in [9.17, 15) is 19.5 Å². The molecule has 0 aliphatic heterocycles. The summed E-state index contributed by atoms with van der Waals surface area (Å²) in [6.07, 6.45) is -0.0635. The zero-order valence-electron chi connectivity index (χ0n) is 26.9. The van der Waals surface area contributed by atoms with Crippen molar-refractivity contribution in [2.75, 3.05) is 5.32 Å². The van der Waals surface area contributed by atoms with Gasteiger partial charge in [0.15, 0.2) is 0 Å². The van der Waals surface area contributed by atoms with Crippen LogP contribution in [0.15, 0.2) is 95.5 Å². The summed E-state index contributed by atoms with van der Waals surface area (Å²) in [4.78, 5) is 41.2. The van der Waals surface area contributed by atoms with Gasteiger partial charge in [-0.3, -0.25) is 4.79 Å². The maximum Gasteiger partial charge on any atom is 0.326 e. The Morgan fingerprint density at radius 2 is 1.58 bits per heavy atom. The lowest BCUT2D eigenvalue weighted by Crippen LogP contribution is -2.44. The van der Waals surface area contributed by atoms with Crippen molar-refractivity contribution in [3.8, 4) is 34.0 Å². The second kappa shape index (κ2) is 14.3. The topological polar surface area (TPSA) is 144 Å². The molecule has 0 aliphatic rings. The number of hydrogen-bond donors (Lipinski definition) is 3. The number of ether oxygens (including phenoxy) is 1. The van der Waals surface area contributed by atoms with Gasteiger partial charge in [0.05, 0.1) is 12.0 Å². The van der Waals surface area contributed by atoms with E-state index in [1.54, 1.807) is 69.3 Å². The number of benzene rings is 4. The number of aromatic nitrogens is 2. The molecular weight excluding hydrogens is 615 g/mol. The van der Waals surface area contributed by atoms with Crippen molar-refractivity contribution in [3.63, 3.8) is 0 Å². The first kappa shape index (κ1) is 33.5. The highest BCUT2D eigenvalue weighted by Crippen LogP contribution is 2.26. The molecule has 0 fully saturated rings. The van der Waals surface area contributed by atoms with Crippen molar-refractivity contribution in [2.45, 2.75) is 52.2 Å². The molecule has 1 aromatic heterocycles. The summed E-state index contributed by atoms with van der Waals surface area (Å²) < 4.78 is 25.9. The van der Waals surface area contributed by atoms with Gasteiger partial charge < -0.3 is 25.0 Å². The van der Waals surface area contributed by atoms with Crippen molar-refractivity contribution in [1.82, 2.24) is 15.5 Å². The SMILES string of the molecule is Cc1ccc(-c2cccc(NC(=O)NC(Cc3ccc(-c4noc(-c5ccc(CC(=O)OC(C)(C)C)cc5)n4)c(F)c3)C(=O)O)c2)cc1. The molecule has 10 nitrogen and oxygen atoms in total. The van der Waals surface area contributed by atoms with Crippen LogP contribution in [0.3, 0.4) is 0 Å². The predicted octanol–water partition coefficient (Wildman–Crippen LogP) is 7.22. The van der Waals surface area contributed by atoms with E-state index in [4.69, 9.17) is 9.26 Å². The molecule has 0 saturated heterocycles. The van der Waals surface area contributed by atoms with Gasteiger partial charge >= 0.3 is 18.0 Å². The van der Waals surface area contributed by atoms with Crippen molar-refractivity contribution in [1.29, 1.82) is 0 Å². The number of aliphatic carboxylic acids is 1. The molecule has 0 saturated carbocycles. The number of halogens is 1. The maximum atomic E-state index is 15.2. The fourth-order valence-electron chi connectivity index (χ4n) is 4.91. The zero-order chi connectivity index (χ0) is 34.4. The highest BCUT2D eigenvalue weighted by molar-refractivity contribution is 5.93. The first-order chi connectivity index (χ1) is 22.8. The van der Waals surface area contributed by atoms with Crippen LogP contribution < -0.4 is 10.6 Å². The van der Waals surface area contributed by atoms with Gasteiger partial charge in [-0.05, 0) is 86.3 Å². The molecule has 0 spiro atoms. The Morgan fingerprint density at radius 3 is 2.25 bits per heavy atom. The van der Waals surface area contributed by atoms with E-state index in [0.717, 1.165) is 22.3 Å². The van der Waals surface area contributed by atoms with Gasteiger partial charge in [-0.25, -0.2) is 14.0 Å². The van der Waals surface area contributed by atoms with Gasteiger partial charge in [0.2, 0.25) is 5.82 Å². The summed E-state index contributed by atoms with van der Waals surface area (Å²) in [5.41, 5.74) is 4.62. The van der Waals surface area contributed by atoms with Crippen LogP contribution in [0.5, 0.6) is 0 Å². The van der Waals surface area contributed by atoms with E-state index < -0.39 is 29.5 Å². The van der Waals surface area contributed by atoms with Crippen molar-refractivity contribution < 1.29 is 33.1 Å². The second-order valence-corrected chi connectivity index (χ2v) is 12.3. The number of carbonyl (C=O) groups is 3. The lowest BCUT2D eigenvalue weighted by Gasteiger charge is -2.19. The standard InChI is InChI=1S/C37H35FN4O6/c1-22-8-13-25(14-9-22)27-6-5-7-28(21-27)39-36(46)40-31(35(44)45)19-24-12-17-29(30(38)18-24)33-41-34(48-42-33)26-15-10-23(11-16-26)20-32(43)47-37(2,3)4/h5-18,21,31H,19-20H2,1-4H3,(H,44,45)(H2,39,40,46). The van der Waals surface area contributed by atoms with Crippen LogP contribution >= 0.6 is 0 Å². The van der Waals surface area contributed by atoms with Gasteiger partial charge in [-0.15, -0.1) is 0 Å². The Bertz CT molecular complexity index is 1930. The summed E-state index contributed by atoms with van der Waals surface area (Å²) in [6.45, 7) is 7.41. The Balaban J connectivity index is 1.21. The lowest BCUT2D eigenvalue weighted by molar-refractivity contribution is -0.154. The highest BCUT2D eigenvalue weighted by Gasteiger charge is 2.23. The van der Waals surface area contributed by atoms with Gasteiger partial charge in [0.25, 0.3) is 5.89 Å². The fraction of sp³-hybridized carbons (Fsp3) is 0.216. The smallest absolute Gasteiger partial charge is 0.326 e. The second-order valence-electron chi connectivity index (χ2n) is 12.3. The molecule has 1 atom stereocenters. The number of urea groups is 1. The molecule has 5 aromatic rings. The minimum absolute atomic E-state index is 0.00652. The maximum absolute atomic E-state index is 15.2. The van der Waals surface area contributed by atoms with E-state index in [0.29, 0.717) is 16.8 Å². The number of carbonyl (C=O) groups excluding carboxylic acids is 2. The number of rotatable bonds is 10. The Kier molecular flexibility index (Phi) is 9.98. The van der Waals surface area contributed by atoms with Gasteiger partial charge in [0.1, 0.15) is 17.5 Å². The minimum atomic E-state index is -1.33. The Labute approximate surface area is 277 Å². The van der Waals surface area contributed by atoms with E-state index in [2.05, 4.69) is 20.8 Å². The molecule has 0 aliphatic carbocycles. The number of nitrogens with one attached hydrogen (secondary N) is 2. The van der Waals surface area contributed by atoms with Crippen LogP contribution in [0.4, 0.5) is 14.9 Å². The van der Waals surface area contributed by atoms with Crippen LogP contribution in [0.25, 0.3) is 34.0 Å². The van der Waals surface area contributed by atoms with Gasteiger partial charge in [-0.1, -0.05) is 65.3 Å². The fourth-order valence-corrected chi connectivity index (χ4v) is 4.91. The number of hydrogen-bond acceptors (Lipinski definition) is 7. The zero-order valence-corrected chi connectivity index (χ0v) is 26.9. The summed E-state index contributed by atoms with van der Waals surface area (Å²) >= 11 is 0. The van der Waals surface area contributed by atoms with E-state index >= 15 is 4.39 Å². The van der Waals surface area contributed by atoms with Gasteiger partial charge in [-0.2, -0.15) is 4.98 Å². The third-order valence-electron chi connectivity index (χ3n) is 7.22. The van der Waals surface area contributed by atoms with E-state index in [1.807, 2.05) is 37.3 Å². The molecule has 2 amide bonds. The van der Waals surface area contributed by atoms with E-state index in [-0.39, 0.29) is 36.1 Å². The number of amides is 2.